The molecule has 180 valence electrons. The molecule has 1 aliphatic heterocycles. The summed E-state index contributed by atoms with van der Waals surface area (Å²) in [4.78, 5) is 14.5. The van der Waals surface area contributed by atoms with Crippen molar-refractivity contribution < 1.29 is 17.9 Å². The quantitative estimate of drug-likeness (QED) is 0.511. The fourth-order valence-corrected chi connectivity index (χ4v) is 5.06. The van der Waals surface area contributed by atoms with Gasteiger partial charge in [0.1, 0.15) is 12.4 Å². The number of nitrogens with zero attached hydrogens (tertiary/aromatic N) is 3. The largest absolute Gasteiger partial charge is 0.492 e. The van der Waals surface area contributed by atoms with Gasteiger partial charge in [-0.1, -0.05) is 11.6 Å². The molecule has 0 spiro atoms. The fourth-order valence-electron chi connectivity index (χ4n) is 3.66. The Morgan fingerprint density at radius 1 is 1.06 bits per heavy atom. The van der Waals surface area contributed by atoms with E-state index in [1.54, 1.807) is 47.3 Å². The Morgan fingerprint density at radius 3 is 2.41 bits per heavy atom. The summed E-state index contributed by atoms with van der Waals surface area (Å²) in [7, 11) is -1.07. The molecule has 0 unspecified atom stereocenters. The number of anilines is 2. The molecule has 4 rings (SSSR count). The maximum Gasteiger partial charge on any atom is 0.323 e. The highest BCUT2D eigenvalue weighted by Crippen LogP contribution is 2.32. The van der Waals surface area contributed by atoms with Crippen molar-refractivity contribution in [1.29, 1.82) is 0 Å². The Kier molecular flexibility index (Phi) is 7.40. The van der Waals surface area contributed by atoms with E-state index in [2.05, 4.69) is 20.6 Å². The van der Waals surface area contributed by atoms with Gasteiger partial charge in [-0.15, -0.1) is 0 Å². The first-order valence-electron chi connectivity index (χ1n) is 10.8. The zero-order valence-electron chi connectivity index (χ0n) is 18.7. The van der Waals surface area contributed by atoms with Crippen LogP contribution in [0.4, 0.5) is 16.2 Å². The highest BCUT2D eigenvalue weighted by molar-refractivity contribution is 7.91. The van der Waals surface area contributed by atoms with Crippen molar-refractivity contribution in [3.8, 4) is 17.0 Å². The molecule has 0 saturated carbocycles. The summed E-state index contributed by atoms with van der Waals surface area (Å²) < 4.78 is 31.0. The normalized spacial score (nSPS) is 15.6. The number of hydrogen-bond acceptors (Lipinski definition) is 6. The number of rotatable bonds is 7. The number of amides is 2. The highest BCUT2D eigenvalue weighted by atomic mass is 35.5. The van der Waals surface area contributed by atoms with Gasteiger partial charge in [-0.25, -0.2) is 13.2 Å². The first-order chi connectivity index (χ1) is 16.3. The van der Waals surface area contributed by atoms with Gasteiger partial charge in [0.25, 0.3) is 0 Å². The minimum atomic E-state index is -2.91. The number of carbonyl (C=O) groups excluding carboxylic acids is 1. The third-order valence-corrected chi connectivity index (χ3v) is 7.40. The summed E-state index contributed by atoms with van der Waals surface area (Å²) in [6.45, 7) is 2.08. The zero-order valence-corrected chi connectivity index (χ0v) is 20.3. The van der Waals surface area contributed by atoms with Gasteiger partial charge < -0.3 is 15.4 Å². The van der Waals surface area contributed by atoms with Crippen molar-refractivity contribution in [2.24, 2.45) is 7.05 Å². The molecule has 0 bridgehead atoms. The van der Waals surface area contributed by atoms with Crippen molar-refractivity contribution in [3.05, 3.63) is 59.8 Å². The van der Waals surface area contributed by atoms with Crippen LogP contribution < -0.4 is 15.4 Å². The lowest BCUT2D eigenvalue weighted by Gasteiger charge is -2.26. The summed E-state index contributed by atoms with van der Waals surface area (Å²) in [5.41, 5.74) is 2.84. The van der Waals surface area contributed by atoms with Crippen molar-refractivity contribution in [1.82, 2.24) is 14.7 Å². The van der Waals surface area contributed by atoms with Gasteiger partial charge >= 0.3 is 6.03 Å². The average Bonchev–Trinajstić information content (AvgIpc) is 3.23. The number of halogens is 1. The van der Waals surface area contributed by atoms with Crippen LogP contribution >= 0.6 is 11.6 Å². The molecule has 2 N–H and O–H groups in total. The lowest BCUT2D eigenvalue weighted by atomic mass is 10.1. The summed E-state index contributed by atoms with van der Waals surface area (Å²) in [5, 5.41) is 10.4. The summed E-state index contributed by atoms with van der Waals surface area (Å²) in [5.74, 6) is 1.02. The Hall–Kier alpha value is -3.08. The number of benzene rings is 2. The smallest absolute Gasteiger partial charge is 0.323 e. The Morgan fingerprint density at radius 2 is 1.74 bits per heavy atom. The molecule has 1 aliphatic rings. The summed E-state index contributed by atoms with van der Waals surface area (Å²) in [6.07, 6.45) is 1.70. The van der Waals surface area contributed by atoms with Gasteiger partial charge in [-0.05, 0) is 48.5 Å². The standard InChI is InChI=1S/C23H26ClN5O4S/c1-28-21(8-9-25-28)20-16-19(27-23(30)26-18-4-2-17(24)3-5-18)6-7-22(20)33-13-10-29-11-14-34(31,32)15-12-29/h2-9,16H,10-15H2,1H3,(H2,26,27,30). The van der Waals surface area contributed by atoms with Crippen LogP contribution in [0.25, 0.3) is 11.3 Å². The number of hydrogen-bond donors (Lipinski definition) is 2. The monoisotopic (exact) mass is 503 g/mol. The van der Waals surface area contributed by atoms with Gasteiger partial charge in [-0.3, -0.25) is 9.58 Å². The summed E-state index contributed by atoms with van der Waals surface area (Å²) >= 11 is 5.89. The van der Waals surface area contributed by atoms with E-state index in [-0.39, 0.29) is 17.5 Å². The molecule has 3 aromatic rings. The second-order valence-electron chi connectivity index (χ2n) is 7.98. The number of ether oxygens (including phenoxy) is 1. The van der Waals surface area contributed by atoms with Gasteiger partial charge in [-0.2, -0.15) is 5.10 Å². The Bertz CT molecular complexity index is 1250. The predicted octanol–water partition coefficient (Wildman–Crippen LogP) is 3.49. The molecular weight excluding hydrogens is 478 g/mol. The maximum atomic E-state index is 12.5. The molecule has 1 fully saturated rings. The van der Waals surface area contributed by atoms with Crippen LogP contribution in [0.15, 0.2) is 54.7 Å². The SMILES string of the molecule is Cn1nccc1-c1cc(NC(=O)Nc2ccc(Cl)cc2)ccc1OCCN1CCS(=O)(=O)CC1. The number of nitrogens with one attached hydrogen (secondary N) is 2. The average molecular weight is 504 g/mol. The van der Waals surface area contributed by atoms with E-state index in [0.717, 1.165) is 11.3 Å². The minimum absolute atomic E-state index is 0.186. The molecule has 2 amide bonds. The molecular formula is C23H26ClN5O4S. The van der Waals surface area contributed by atoms with Gasteiger partial charge in [0.2, 0.25) is 0 Å². The fraction of sp³-hybridized carbons (Fsp3) is 0.304. The third-order valence-electron chi connectivity index (χ3n) is 5.54. The second kappa shape index (κ2) is 10.5. The number of sulfone groups is 1. The molecule has 9 nitrogen and oxygen atoms in total. The van der Waals surface area contributed by atoms with Crippen molar-refractivity contribution in [3.63, 3.8) is 0 Å². The van der Waals surface area contributed by atoms with E-state index in [1.165, 1.54) is 0 Å². The lowest BCUT2D eigenvalue weighted by molar-refractivity contribution is 0.220. The van der Waals surface area contributed by atoms with Crippen LogP contribution in [0.2, 0.25) is 5.02 Å². The second-order valence-corrected chi connectivity index (χ2v) is 10.7. The molecule has 1 saturated heterocycles. The molecule has 0 radical (unpaired) electrons. The zero-order chi connectivity index (χ0) is 24.1. The van der Waals surface area contributed by atoms with Crippen molar-refractivity contribution in [2.45, 2.75) is 0 Å². The van der Waals surface area contributed by atoms with E-state index in [0.29, 0.717) is 48.4 Å². The summed E-state index contributed by atoms with van der Waals surface area (Å²) in [6, 6.07) is 13.7. The van der Waals surface area contributed by atoms with Crippen LogP contribution in [0, 0.1) is 0 Å². The van der Waals surface area contributed by atoms with E-state index in [1.807, 2.05) is 19.2 Å². The highest BCUT2D eigenvalue weighted by Gasteiger charge is 2.21. The number of aryl methyl sites for hydroxylation is 1. The van der Waals surface area contributed by atoms with Crippen LogP contribution in [0.5, 0.6) is 5.75 Å². The van der Waals surface area contributed by atoms with E-state index in [4.69, 9.17) is 16.3 Å². The van der Waals surface area contributed by atoms with Crippen LogP contribution in [-0.4, -0.2) is 66.9 Å². The Balaban J connectivity index is 1.44. The minimum Gasteiger partial charge on any atom is -0.492 e. The van der Waals surface area contributed by atoms with Gasteiger partial charge in [0.15, 0.2) is 9.84 Å². The van der Waals surface area contributed by atoms with Crippen LogP contribution in [0.3, 0.4) is 0 Å². The number of urea groups is 1. The van der Waals surface area contributed by atoms with E-state index >= 15 is 0 Å². The van der Waals surface area contributed by atoms with Crippen molar-refractivity contribution >= 4 is 38.8 Å². The first-order valence-corrected chi connectivity index (χ1v) is 13.0. The molecule has 2 heterocycles. The van der Waals surface area contributed by atoms with Crippen molar-refractivity contribution in [2.75, 3.05) is 48.4 Å². The number of aromatic nitrogens is 2. The molecule has 0 atom stereocenters. The van der Waals surface area contributed by atoms with E-state index < -0.39 is 9.84 Å². The third kappa shape index (κ3) is 6.28. The molecule has 34 heavy (non-hydrogen) atoms. The Labute approximate surface area is 203 Å². The predicted molar refractivity (Wildman–Crippen MR) is 133 cm³/mol. The maximum absolute atomic E-state index is 12.5. The van der Waals surface area contributed by atoms with Gasteiger partial charge in [0, 0.05) is 54.8 Å². The molecule has 2 aromatic carbocycles. The topological polar surface area (TPSA) is 106 Å². The van der Waals surface area contributed by atoms with Crippen LogP contribution in [0.1, 0.15) is 0 Å². The van der Waals surface area contributed by atoms with Gasteiger partial charge in [0.05, 0.1) is 17.2 Å². The first kappa shape index (κ1) is 24.1. The van der Waals surface area contributed by atoms with E-state index in [9.17, 15) is 13.2 Å². The number of carbonyl (C=O) groups is 1. The van der Waals surface area contributed by atoms with Crippen LogP contribution in [-0.2, 0) is 16.9 Å². The molecule has 11 heteroatoms. The lowest BCUT2D eigenvalue weighted by Crippen LogP contribution is -2.42. The molecule has 1 aromatic heterocycles. The molecule has 0 aliphatic carbocycles.